The van der Waals surface area contributed by atoms with Crippen LogP contribution in [0.5, 0.6) is 0 Å². The second-order valence-corrected chi connectivity index (χ2v) is 6.93. The first-order valence-corrected chi connectivity index (χ1v) is 7.77. The molecule has 2 rings (SSSR count). The van der Waals surface area contributed by atoms with Gasteiger partial charge in [-0.25, -0.2) is 13.4 Å². The van der Waals surface area contributed by atoms with Crippen molar-refractivity contribution in [1.29, 1.82) is 0 Å². The molecule has 0 unspecified atom stereocenters. The topological polar surface area (TPSA) is 99.2 Å². The number of aliphatic hydroxyl groups excluding tert-OH is 1. The molecule has 19 heavy (non-hydrogen) atoms. The smallest absolute Gasteiger partial charge is 0.260 e. The van der Waals surface area contributed by atoms with E-state index in [1.807, 2.05) is 6.92 Å². The molecule has 2 N–H and O–H groups in total. The van der Waals surface area contributed by atoms with Gasteiger partial charge in [-0.3, -0.25) is 5.10 Å². The van der Waals surface area contributed by atoms with E-state index in [1.54, 1.807) is 5.51 Å². The van der Waals surface area contributed by atoms with Crippen molar-refractivity contribution in [2.75, 3.05) is 7.05 Å². The number of nitrogens with one attached hydrogen (secondary N) is 1. The van der Waals surface area contributed by atoms with Crippen LogP contribution in [0.4, 0.5) is 0 Å². The zero-order valence-corrected chi connectivity index (χ0v) is 12.1. The zero-order chi connectivity index (χ0) is 14.0. The second-order valence-electron chi connectivity index (χ2n) is 4.00. The molecule has 0 spiro atoms. The van der Waals surface area contributed by atoms with Gasteiger partial charge in [0, 0.05) is 24.0 Å². The molecule has 2 heterocycles. The fourth-order valence-electron chi connectivity index (χ4n) is 1.56. The van der Waals surface area contributed by atoms with Gasteiger partial charge >= 0.3 is 0 Å². The number of aromatic nitrogens is 3. The number of hydrogen-bond donors (Lipinski definition) is 2. The lowest BCUT2D eigenvalue weighted by molar-refractivity contribution is 0.278. The molecule has 0 atom stereocenters. The van der Waals surface area contributed by atoms with Gasteiger partial charge in [-0.2, -0.15) is 9.40 Å². The molecule has 0 aromatic carbocycles. The Balaban J connectivity index is 2.27. The van der Waals surface area contributed by atoms with Crippen LogP contribution in [0.25, 0.3) is 0 Å². The van der Waals surface area contributed by atoms with Crippen molar-refractivity contribution >= 4 is 21.4 Å². The number of H-pyrrole nitrogens is 1. The normalized spacial score (nSPS) is 12.2. The summed E-state index contributed by atoms with van der Waals surface area (Å²) in [6, 6.07) is 0. The van der Waals surface area contributed by atoms with Crippen LogP contribution in [0.3, 0.4) is 0 Å². The molecule has 0 saturated carbocycles. The standard InChI is InChI=1S/C10H14N4O3S2/c1-7-9(18-6-11-7)4-14(2)19(16,17)10-8(5-15)3-12-13-10/h3,6,15H,4-5H2,1-2H3,(H,12,13). The Bertz CT molecular complexity index is 662. The van der Waals surface area contributed by atoms with E-state index in [2.05, 4.69) is 15.2 Å². The van der Waals surface area contributed by atoms with E-state index in [0.717, 1.165) is 10.6 Å². The van der Waals surface area contributed by atoms with E-state index < -0.39 is 10.0 Å². The third-order valence-electron chi connectivity index (χ3n) is 2.73. The molecule has 104 valence electrons. The van der Waals surface area contributed by atoms with Crippen LogP contribution in [-0.4, -0.2) is 40.1 Å². The van der Waals surface area contributed by atoms with Crippen LogP contribution in [0, 0.1) is 6.92 Å². The van der Waals surface area contributed by atoms with Crippen molar-refractivity contribution in [2.45, 2.75) is 25.1 Å². The maximum Gasteiger partial charge on any atom is 0.260 e. The van der Waals surface area contributed by atoms with Gasteiger partial charge in [0.1, 0.15) is 0 Å². The highest BCUT2D eigenvalue weighted by molar-refractivity contribution is 7.89. The summed E-state index contributed by atoms with van der Waals surface area (Å²) in [5.74, 6) is 0. The Labute approximate surface area is 115 Å². The van der Waals surface area contributed by atoms with Crippen molar-refractivity contribution < 1.29 is 13.5 Å². The lowest BCUT2D eigenvalue weighted by atomic mass is 10.4. The number of aromatic amines is 1. The van der Waals surface area contributed by atoms with Crippen LogP contribution in [0.15, 0.2) is 16.7 Å². The van der Waals surface area contributed by atoms with Crippen LogP contribution in [0.1, 0.15) is 16.1 Å². The van der Waals surface area contributed by atoms with Gasteiger partial charge in [-0.15, -0.1) is 11.3 Å². The van der Waals surface area contributed by atoms with Gasteiger partial charge in [0.25, 0.3) is 10.0 Å². The van der Waals surface area contributed by atoms with E-state index in [9.17, 15) is 8.42 Å². The SMILES string of the molecule is Cc1ncsc1CN(C)S(=O)(=O)c1[nH]ncc1CO. The third-order valence-corrected chi connectivity index (χ3v) is 5.47. The molecule has 2 aromatic heterocycles. The van der Waals surface area contributed by atoms with E-state index in [4.69, 9.17) is 5.11 Å². The van der Waals surface area contributed by atoms with E-state index in [0.29, 0.717) is 0 Å². The lowest BCUT2D eigenvalue weighted by Gasteiger charge is -2.16. The minimum Gasteiger partial charge on any atom is -0.392 e. The molecule has 0 aliphatic carbocycles. The molecule has 0 fully saturated rings. The predicted octanol–water partition coefficient (Wildman–Crippen LogP) is 0.488. The molecule has 0 aliphatic heterocycles. The Hall–Kier alpha value is -1.29. The van der Waals surface area contributed by atoms with Crippen LogP contribution < -0.4 is 0 Å². The summed E-state index contributed by atoms with van der Waals surface area (Å²) in [7, 11) is -2.21. The quantitative estimate of drug-likeness (QED) is 0.837. The fraction of sp³-hybridized carbons (Fsp3) is 0.400. The average Bonchev–Trinajstić information content (AvgIpc) is 2.98. The first-order chi connectivity index (χ1) is 8.96. The minimum atomic E-state index is -3.70. The summed E-state index contributed by atoms with van der Waals surface area (Å²) < 4.78 is 25.9. The number of aliphatic hydroxyl groups is 1. The van der Waals surface area contributed by atoms with Crippen LogP contribution in [0.2, 0.25) is 0 Å². The van der Waals surface area contributed by atoms with Crippen molar-refractivity contribution in [1.82, 2.24) is 19.5 Å². The van der Waals surface area contributed by atoms with Crippen LogP contribution >= 0.6 is 11.3 Å². The maximum absolute atomic E-state index is 12.3. The van der Waals surface area contributed by atoms with Crippen molar-refractivity contribution in [2.24, 2.45) is 0 Å². The third kappa shape index (κ3) is 2.68. The van der Waals surface area contributed by atoms with Gasteiger partial charge in [0.15, 0.2) is 5.03 Å². The number of aryl methyl sites for hydroxylation is 1. The first kappa shape index (κ1) is 14.1. The van der Waals surface area contributed by atoms with Crippen LogP contribution in [-0.2, 0) is 23.2 Å². The van der Waals surface area contributed by atoms with Gasteiger partial charge < -0.3 is 5.11 Å². The molecule has 0 bridgehead atoms. The molecule has 0 aliphatic rings. The molecule has 2 aromatic rings. The first-order valence-electron chi connectivity index (χ1n) is 5.45. The molecule has 7 nitrogen and oxygen atoms in total. The largest absolute Gasteiger partial charge is 0.392 e. The number of nitrogens with zero attached hydrogens (tertiary/aromatic N) is 3. The summed E-state index contributed by atoms with van der Waals surface area (Å²) in [4.78, 5) is 4.97. The van der Waals surface area contributed by atoms with E-state index in [-0.39, 0.29) is 23.7 Å². The molecular weight excluding hydrogens is 288 g/mol. The Morgan fingerprint density at radius 3 is 2.84 bits per heavy atom. The zero-order valence-electron chi connectivity index (χ0n) is 10.5. The minimum absolute atomic E-state index is 0.0698. The van der Waals surface area contributed by atoms with Gasteiger partial charge in [0.2, 0.25) is 0 Å². The molecular formula is C10H14N4O3S2. The molecule has 0 amide bonds. The van der Waals surface area contributed by atoms with Gasteiger partial charge in [-0.05, 0) is 6.92 Å². The van der Waals surface area contributed by atoms with Gasteiger partial charge in [0.05, 0.1) is 24.0 Å². The maximum atomic E-state index is 12.3. The second kappa shape index (κ2) is 5.37. The number of thiazole rings is 1. The van der Waals surface area contributed by atoms with Crippen molar-refractivity contribution in [3.63, 3.8) is 0 Å². The van der Waals surface area contributed by atoms with E-state index in [1.165, 1.54) is 28.9 Å². The Morgan fingerprint density at radius 2 is 2.26 bits per heavy atom. The number of hydrogen-bond acceptors (Lipinski definition) is 6. The summed E-state index contributed by atoms with van der Waals surface area (Å²) in [6.07, 6.45) is 1.30. The Kier molecular flexibility index (Phi) is 3.99. The lowest BCUT2D eigenvalue weighted by Crippen LogP contribution is -2.27. The molecule has 0 saturated heterocycles. The number of rotatable bonds is 5. The summed E-state index contributed by atoms with van der Waals surface area (Å²) in [5, 5.41) is 15.1. The van der Waals surface area contributed by atoms with E-state index >= 15 is 0 Å². The highest BCUT2D eigenvalue weighted by Gasteiger charge is 2.26. The highest BCUT2D eigenvalue weighted by atomic mass is 32.2. The monoisotopic (exact) mass is 302 g/mol. The average molecular weight is 302 g/mol. The number of sulfonamides is 1. The predicted molar refractivity (Wildman–Crippen MR) is 70.0 cm³/mol. The fourth-order valence-corrected chi connectivity index (χ4v) is 3.69. The molecule has 9 heteroatoms. The highest BCUT2D eigenvalue weighted by Crippen LogP contribution is 2.21. The van der Waals surface area contributed by atoms with Crippen molar-refractivity contribution in [3.05, 3.63) is 27.8 Å². The summed E-state index contributed by atoms with van der Waals surface area (Å²) >= 11 is 1.41. The van der Waals surface area contributed by atoms with Gasteiger partial charge in [-0.1, -0.05) is 0 Å². The summed E-state index contributed by atoms with van der Waals surface area (Å²) in [6.45, 7) is 1.70. The molecule has 0 radical (unpaired) electrons. The van der Waals surface area contributed by atoms with Crippen molar-refractivity contribution in [3.8, 4) is 0 Å². The summed E-state index contributed by atoms with van der Waals surface area (Å²) in [5.41, 5.74) is 2.76. The Morgan fingerprint density at radius 1 is 1.53 bits per heavy atom.